The molecule has 0 saturated carbocycles. The van der Waals surface area contributed by atoms with Gasteiger partial charge in [0.25, 0.3) is 0 Å². The van der Waals surface area contributed by atoms with Crippen LogP contribution in [0.4, 0.5) is 0 Å². The first kappa shape index (κ1) is 11.6. The number of phenolic OH excluding ortho intramolecular Hbond substituents is 1. The van der Waals surface area contributed by atoms with Gasteiger partial charge in [-0.25, -0.2) is 0 Å². The van der Waals surface area contributed by atoms with E-state index in [2.05, 4.69) is 0 Å². The summed E-state index contributed by atoms with van der Waals surface area (Å²) in [5.74, 6) is -0.0381. The Hall–Kier alpha value is -1.51. The molecular formula is C12H16O3. The highest BCUT2D eigenvalue weighted by molar-refractivity contribution is 5.66. The number of carbonyl (C=O) groups excluding carboxylic acids is 1. The lowest BCUT2D eigenvalue weighted by atomic mass is 9.85. The van der Waals surface area contributed by atoms with Crippen molar-refractivity contribution in [2.75, 3.05) is 6.61 Å². The van der Waals surface area contributed by atoms with Gasteiger partial charge in [-0.3, -0.25) is 4.79 Å². The third-order valence-corrected chi connectivity index (χ3v) is 2.29. The first-order valence-corrected chi connectivity index (χ1v) is 4.85. The van der Waals surface area contributed by atoms with Crippen LogP contribution in [0, 0.1) is 0 Å². The van der Waals surface area contributed by atoms with Crippen molar-refractivity contribution in [3.05, 3.63) is 29.8 Å². The Morgan fingerprint density at radius 3 is 2.33 bits per heavy atom. The topological polar surface area (TPSA) is 46.5 Å². The number of carbonyl (C=O) groups is 1. The number of ether oxygens (including phenoxy) is 1. The van der Waals surface area contributed by atoms with Crippen LogP contribution in [0.5, 0.6) is 5.75 Å². The van der Waals surface area contributed by atoms with Crippen LogP contribution in [0.3, 0.4) is 0 Å². The molecule has 0 aromatic heterocycles. The van der Waals surface area contributed by atoms with Crippen LogP contribution in [-0.4, -0.2) is 17.7 Å². The Labute approximate surface area is 89.7 Å². The van der Waals surface area contributed by atoms with E-state index in [4.69, 9.17) is 9.84 Å². The smallest absolute Gasteiger partial charge is 0.302 e. The van der Waals surface area contributed by atoms with Crippen molar-refractivity contribution in [2.45, 2.75) is 26.2 Å². The van der Waals surface area contributed by atoms with Crippen molar-refractivity contribution in [1.29, 1.82) is 0 Å². The molecule has 0 spiro atoms. The summed E-state index contributed by atoms with van der Waals surface area (Å²) in [6, 6.07) is 6.92. The molecule has 1 rings (SSSR count). The third-order valence-electron chi connectivity index (χ3n) is 2.29. The maximum atomic E-state index is 10.7. The SMILES string of the molecule is CC(=O)OCC(C)(C)c1ccc(O)cc1. The highest BCUT2D eigenvalue weighted by atomic mass is 16.5. The summed E-state index contributed by atoms with van der Waals surface area (Å²) in [7, 11) is 0. The number of benzene rings is 1. The Balaban J connectivity index is 2.76. The van der Waals surface area contributed by atoms with Gasteiger partial charge in [0.1, 0.15) is 12.4 Å². The average molecular weight is 208 g/mol. The molecule has 0 amide bonds. The monoisotopic (exact) mass is 208 g/mol. The van der Waals surface area contributed by atoms with Crippen LogP contribution in [0.15, 0.2) is 24.3 Å². The second kappa shape index (κ2) is 4.34. The van der Waals surface area contributed by atoms with Gasteiger partial charge in [-0.05, 0) is 17.7 Å². The second-order valence-electron chi connectivity index (χ2n) is 4.21. The first-order valence-electron chi connectivity index (χ1n) is 4.85. The fourth-order valence-electron chi connectivity index (χ4n) is 1.28. The van der Waals surface area contributed by atoms with Crippen LogP contribution < -0.4 is 0 Å². The Morgan fingerprint density at radius 1 is 1.33 bits per heavy atom. The molecule has 0 radical (unpaired) electrons. The highest BCUT2D eigenvalue weighted by Crippen LogP contribution is 2.25. The fourth-order valence-corrected chi connectivity index (χ4v) is 1.28. The van der Waals surface area contributed by atoms with Gasteiger partial charge in [0.15, 0.2) is 0 Å². The van der Waals surface area contributed by atoms with Gasteiger partial charge in [-0.1, -0.05) is 26.0 Å². The molecule has 3 nitrogen and oxygen atoms in total. The Morgan fingerprint density at radius 2 is 1.87 bits per heavy atom. The molecule has 15 heavy (non-hydrogen) atoms. The van der Waals surface area contributed by atoms with Crippen molar-refractivity contribution in [1.82, 2.24) is 0 Å². The molecule has 1 N–H and O–H groups in total. The van der Waals surface area contributed by atoms with Crippen LogP contribution in [-0.2, 0) is 14.9 Å². The first-order chi connectivity index (χ1) is 6.92. The minimum atomic E-state index is -0.276. The standard InChI is InChI=1S/C12H16O3/c1-9(13)15-8-12(2,3)10-4-6-11(14)7-5-10/h4-7,14H,8H2,1-3H3. The number of aromatic hydroxyl groups is 1. The quantitative estimate of drug-likeness (QED) is 0.775. The summed E-state index contributed by atoms with van der Waals surface area (Å²) in [6.45, 7) is 5.71. The summed E-state index contributed by atoms with van der Waals surface area (Å²) >= 11 is 0. The predicted molar refractivity (Wildman–Crippen MR) is 57.8 cm³/mol. The predicted octanol–water partition coefficient (Wildman–Crippen LogP) is 2.23. The van der Waals surface area contributed by atoms with E-state index in [0.29, 0.717) is 6.61 Å². The molecule has 1 aromatic rings. The highest BCUT2D eigenvalue weighted by Gasteiger charge is 2.21. The van der Waals surface area contributed by atoms with E-state index in [1.165, 1.54) is 6.92 Å². The van der Waals surface area contributed by atoms with Gasteiger partial charge in [0.2, 0.25) is 0 Å². The minimum absolute atomic E-state index is 0.237. The lowest BCUT2D eigenvalue weighted by Crippen LogP contribution is -2.25. The van der Waals surface area contributed by atoms with E-state index >= 15 is 0 Å². The molecule has 0 saturated heterocycles. The Bertz CT molecular complexity index is 338. The minimum Gasteiger partial charge on any atom is -0.508 e. The van der Waals surface area contributed by atoms with Gasteiger partial charge in [0, 0.05) is 12.3 Å². The molecular weight excluding hydrogens is 192 g/mol. The normalized spacial score (nSPS) is 11.1. The van der Waals surface area contributed by atoms with E-state index in [1.807, 2.05) is 26.0 Å². The Kier molecular flexibility index (Phi) is 3.35. The van der Waals surface area contributed by atoms with Gasteiger partial charge >= 0.3 is 5.97 Å². The summed E-state index contributed by atoms with van der Waals surface area (Å²) in [5, 5.41) is 9.16. The molecule has 0 fully saturated rings. The molecule has 3 heteroatoms. The number of hydrogen-bond donors (Lipinski definition) is 1. The van der Waals surface area contributed by atoms with E-state index in [0.717, 1.165) is 5.56 Å². The number of hydrogen-bond acceptors (Lipinski definition) is 3. The molecule has 0 bridgehead atoms. The molecule has 0 atom stereocenters. The summed E-state index contributed by atoms with van der Waals surface area (Å²) in [5.41, 5.74) is 0.792. The molecule has 0 aliphatic heterocycles. The van der Waals surface area contributed by atoms with E-state index in [-0.39, 0.29) is 17.1 Å². The van der Waals surface area contributed by atoms with Crippen LogP contribution >= 0.6 is 0 Å². The van der Waals surface area contributed by atoms with Gasteiger partial charge in [-0.15, -0.1) is 0 Å². The summed E-state index contributed by atoms with van der Waals surface area (Å²) in [4.78, 5) is 10.7. The third kappa shape index (κ3) is 3.27. The molecule has 0 unspecified atom stereocenters. The van der Waals surface area contributed by atoms with Crippen molar-refractivity contribution < 1.29 is 14.6 Å². The lowest BCUT2D eigenvalue weighted by Gasteiger charge is -2.24. The van der Waals surface area contributed by atoms with Crippen molar-refractivity contribution >= 4 is 5.97 Å². The van der Waals surface area contributed by atoms with Crippen LogP contribution in [0.2, 0.25) is 0 Å². The fraction of sp³-hybridized carbons (Fsp3) is 0.417. The van der Waals surface area contributed by atoms with Crippen LogP contribution in [0.1, 0.15) is 26.3 Å². The van der Waals surface area contributed by atoms with Gasteiger partial charge < -0.3 is 9.84 Å². The van der Waals surface area contributed by atoms with Gasteiger partial charge in [-0.2, -0.15) is 0 Å². The zero-order valence-electron chi connectivity index (χ0n) is 9.28. The molecule has 82 valence electrons. The number of phenols is 1. The molecule has 0 aliphatic carbocycles. The summed E-state index contributed by atoms with van der Waals surface area (Å²) in [6.07, 6.45) is 0. The maximum Gasteiger partial charge on any atom is 0.302 e. The molecule has 0 aliphatic rings. The zero-order valence-corrected chi connectivity index (χ0v) is 9.28. The van der Waals surface area contributed by atoms with Crippen molar-refractivity contribution in [2.24, 2.45) is 0 Å². The maximum absolute atomic E-state index is 10.7. The number of esters is 1. The molecule has 1 aromatic carbocycles. The lowest BCUT2D eigenvalue weighted by molar-refractivity contribution is -0.142. The number of rotatable bonds is 3. The molecule has 0 heterocycles. The average Bonchev–Trinajstić information content (AvgIpc) is 2.16. The van der Waals surface area contributed by atoms with Gasteiger partial charge in [0.05, 0.1) is 0 Å². The van der Waals surface area contributed by atoms with E-state index < -0.39 is 0 Å². The van der Waals surface area contributed by atoms with Crippen molar-refractivity contribution in [3.63, 3.8) is 0 Å². The van der Waals surface area contributed by atoms with E-state index in [9.17, 15) is 4.79 Å². The van der Waals surface area contributed by atoms with E-state index in [1.54, 1.807) is 12.1 Å². The summed E-state index contributed by atoms with van der Waals surface area (Å²) < 4.78 is 4.99. The van der Waals surface area contributed by atoms with Crippen LogP contribution in [0.25, 0.3) is 0 Å². The van der Waals surface area contributed by atoms with Crippen molar-refractivity contribution in [3.8, 4) is 5.75 Å². The second-order valence-corrected chi connectivity index (χ2v) is 4.21. The zero-order chi connectivity index (χ0) is 11.5. The largest absolute Gasteiger partial charge is 0.508 e.